The van der Waals surface area contributed by atoms with Gasteiger partial charge in [0.1, 0.15) is 0 Å². The Morgan fingerprint density at radius 2 is 1.95 bits per heavy atom. The zero-order valence-corrected chi connectivity index (χ0v) is 12.5. The largest absolute Gasteiger partial charge is 0.325 e. The van der Waals surface area contributed by atoms with Gasteiger partial charge in [-0.1, -0.05) is 26.2 Å². The van der Waals surface area contributed by atoms with Gasteiger partial charge in [0, 0.05) is 13.1 Å². The number of rotatable bonds is 6. The minimum absolute atomic E-state index is 0.0660. The predicted octanol–water partition coefficient (Wildman–Crippen LogP) is 1.81. The SMILES string of the molecule is CCCCC1NC(C)N(CCN2CCCCC2)C1=O. The van der Waals surface area contributed by atoms with E-state index in [1.54, 1.807) is 0 Å². The zero-order chi connectivity index (χ0) is 13.7. The van der Waals surface area contributed by atoms with Crippen LogP contribution in [0.15, 0.2) is 0 Å². The summed E-state index contributed by atoms with van der Waals surface area (Å²) in [6, 6.07) is 0.0660. The van der Waals surface area contributed by atoms with E-state index in [1.165, 1.54) is 32.4 Å². The summed E-state index contributed by atoms with van der Waals surface area (Å²) in [5.74, 6) is 0.318. The van der Waals surface area contributed by atoms with Gasteiger partial charge in [0.15, 0.2) is 0 Å². The number of nitrogens with one attached hydrogen (secondary N) is 1. The minimum atomic E-state index is 0.0660. The summed E-state index contributed by atoms with van der Waals surface area (Å²) in [5, 5.41) is 3.43. The van der Waals surface area contributed by atoms with E-state index in [0.717, 1.165) is 32.4 Å². The molecule has 2 aliphatic rings. The second-order valence-corrected chi connectivity index (χ2v) is 5.97. The van der Waals surface area contributed by atoms with Gasteiger partial charge >= 0.3 is 0 Å². The van der Waals surface area contributed by atoms with Crippen molar-refractivity contribution in [1.82, 2.24) is 15.1 Å². The molecule has 2 saturated heterocycles. The lowest BCUT2D eigenvalue weighted by atomic mass is 10.1. The summed E-state index contributed by atoms with van der Waals surface area (Å²) in [4.78, 5) is 16.9. The van der Waals surface area contributed by atoms with Gasteiger partial charge in [-0.3, -0.25) is 10.1 Å². The maximum absolute atomic E-state index is 12.3. The number of carbonyl (C=O) groups is 1. The van der Waals surface area contributed by atoms with E-state index < -0.39 is 0 Å². The predicted molar refractivity (Wildman–Crippen MR) is 77.9 cm³/mol. The lowest BCUT2D eigenvalue weighted by Gasteiger charge is -2.29. The molecule has 4 nitrogen and oxygen atoms in total. The molecule has 4 heteroatoms. The van der Waals surface area contributed by atoms with Crippen LogP contribution in [0.25, 0.3) is 0 Å². The first kappa shape index (κ1) is 14.8. The van der Waals surface area contributed by atoms with Crippen LogP contribution in [0.5, 0.6) is 0 Å². The maximum atomic E-state index is 12.3. The Labute approximate surface area is 117 Å². The van der Waals surface area contributed by atoms with Crippen molar-refractivity contribution in [1.29, 1.82) is 0 Å². The van der Waals surface area contributed by atoms with Gasteiger partial charge in [0.25, 0.3) is 0 Å². The van der Waals surface area contributed by atoms with Gasteiger partial charge in [-0.15, -0.1) is 0 Å². The van der Waals surface area contributed by atoms with Crippen LogP contribution in [0, 0.1) is 0 Å². The molecule has 0 aliphatic carbocycles. The highest BCUT2D eigenvalue weighted by Crippen LogP contribution is 2.16. The molecule has 0 bridgehead atoms. The smallest absolute Gasteiger partial charge is 0.241 e. The summed E-state index contributed by atoms with van der Waals surface area (Å²) in [6.07, 6.45) is 7.50. The summed E-state index contributed by atoms with van der Waals surface area (Å²) < 4.78 is 0. The van der Waals surface area contributed by atoms with Gasteiger partial charge in [0.2, 0.25) is 5.91 Å². The highest BCUT2D eigenvalue weighted by Gasteiger charge is 2.35. The van der Waals surface area contributed by atoms with Crippen LogP contribution >= 0.6 is 0 Å². The van der Waals surface area contributed by atoms with Crippen molar-refractivity contribution >= 4 is 5.91 Å². The Hall–Kier alpha value is -0.610. The molecule has 0 aromatic carbocycles. The first-order valence-corrected chi connectivity index (χ1v) is 8.01. The molecule has 1 amide bonds. The zero-order valence-electron chi connectivity index (χ0n) is 12.5. The normalized spacial score (nSPS) is 29.2. The number of likely N-dealkylation sites (tertiary alicyclic amines) is 1. The number of unbranched alkanes of at least 4 members (excludes halogenated alkanes) is 1. The number of nitrogens with zero attached hydrogens (tertiary/aromatic N) is 2. The molecule has 2 aliphatic heterocycles. The quantitative estimate of drug-likeness (QED) is 0.797. The van der Waals surface area contributed by atoms with Gasteiger partial charge in [-0.2, -0.15) is 0 Å². The monoisotopic (exact) mass is 267 g/mol. The molecule has 0 aromatic rings. The average molecular weight is 267 g/mol. The molecule has 0 aromatic heterocycles. The maximum Gasteiger partial charge on any atom is 0.241 e. The third kappa shape index (κ3) is 3.93. The van der Waals surface area contributed by atoms with Crippen LogP contribution in [0.1, 0.15) is 52.4 Å². The Morgan fingerprint density at radius 1 is 1.21 bits per heavy atom. The van der Waals surface area contributed by atoms with Crippen molar-refractivity contribution in [2.24, 2.45) is 0 Å². The summed E-state index contributed by atoms with van der Waals surface area (Å²) >= 11 is 0. The number of hydrogen-bond donors (Lipinski definition) is 1. The first-order valence-electron chi connectivity index (χ1n) is 8.01. The molecule has 1 N–H and O–H groups in total. The Bertz CT molecular complexity index is 289. The van der Waals surface area contributed by atoms with Crippen LogP contribution < -0.4 is 5.32 Å². The van der Waals surface area contributed by atoms with E-state index in [-0.39, 0.29) is 12.2 Å². The van der Waals surface area contributed by atoms with Gasteiger partial charge in [0.05, 0.1) is 12.2 Å². The van der Waals surface area contributed by atoms with Gasteiger partial charge < -0.3 is 9.80 Å². The molecule has 2 heterocycles. The van der Waals surface area contributed by atoms with E-state index >= 15 is 0 Å². The van der Waals surface area contributed by atoms with Crippen LogP contribution in [-0.2, 0) is 4.79 Å². The molecule has 0 spiro atoms. The number of amides is 1. The highest BCUT2D eigenvalue weighted by molar-refractivity contribution is 5.84. The van der Waals surface area contributed by atoms with E-state index in [2.05, 4.69) is 24.1 Å². The third-order valence-corrected chi connectivity index (χ3v) is 4.44. The Kier molecular flexibility index (Phi) is 5.64. The molecular formula is C15H29N3O. The van der Waals surface area contributed by atoms with Crippen LogP contribution in [0.4, 0.5) is 0 Å². The second-order valence-electron chi connectivity index (χ2n) is 5.97. The fourth-order valence-corrected chi connectivity index (χ4v) is 3.19. The van der Waals surface area contributed by atoms with Crippen molar-refractivity contribution in [3.8, 4) is 0 Å². The lowest BCUT2D eigenvalue weighted by Crippen LogP contribution is -2.42. The van der Waals surface area contributed by atoms with Crippen LogP contribution in [0.3, 0.4) is 0 Å². The van der Waals surface area contributed by atoms with E-state index in [1.807, 2.05) is 4.90 Å². The summed E-state index contributed by atoms with van der Waals surface area (Å²) in [6.45, 7) is 8.64. The molecule has 2 unspecified atom stereocenters. The average Bonchev–Trinajstić information content (AvgIpc) is 2.70. The van der Waals surface area contributed by atoms with Crippen molar-refractivity contribution < 1.29 is 4.79 Å². The second kappa shape index (κ2) is 7.25. The molecule has 0 radical (unpaired) electrons. The van der Waals surface area contributed by atoms with Gasteiger partial charge in [-0.25, -0.2) is 0 Å². The Morgan fingerprint density at radius 3 is 2.63 bits per heavy atom. The highest BCUT2D eigenvalue weighted by atomic mass is 16.2. The minimum Gasteiger partial charge on any atom is -0.325 e. The molecule has 2 fully saturated rings. The number of carbonyl (C=O) groups excluding carboxylic acids is 1. The Balaban J connectivity index is 1.77. The van der Waals surface area contributed by atoms with Gasteiger partial charge in [-0.05, 0) is 39.3 Å². The van der Waals surface area contributed by atoms with Crippen LogP contribution in [0.2, 0.25) is 0 Å². The molecular weight excluding hydrogens is 238 g/mol. The first-order chi connectivity index (χ1) is 9.22. The third-order valence-electron chi connectivity index (χ3n) is 4.44. The molecule has 2 atom stereocenters. The summed E-state index contributed by atoms with van der Waals surface area (Å²) in [5.41, 5.74) is 0. The number of hydrogen-bond acceptors (Lipinski definition) is 3. The lowest BCUT2D eigenvalue weighted by molar-refractivity contribution is -0.130. The molecule has 0 saturated carbocycles. The number of piperidine rings is 1. The van der Waals surface area contributed by atoms with Crippen LogP contribution in [-0.4, -0.2) is 54.1 Å². The standard InChI is InChI=1S/C15H29N3O/c1-3-4-8-14-15(19)18(13(2)16-14)12-11-17-9-6-5-7-10-17/h13-14,16H,3-12H2,1-2H3. The fourth-order valence-electron chi connectivity index (χ4n) is 3.19. The molecule has 110 valence electrons. The van der Waals surface area contributed by atoms with E-state index in [4.69, 9.17) is 0 Å². The molecule has 2 rings (SSSR count). The van der Waals surface area contributed by atoms with Crippen molar-refractivity contribution in [3.63, 3.8) is 0 Å². The van der Waals surface area contributed by atoms with Crippen molar-refractivity contribution in [2.75, 3.05) is 26.2 Å². The van der Waals surface area contributed by atoms with E-state index in [0.29, 0.717) is 5.91 Å². The molecule has 19 heavy (non-hydrogen) atoms. The van der Waals surface area contributed by atoms with Crippen molar-refractivity contribution in [3.05, 3.63) is 0 Å². The topological polar surface area (TPSA) is 35.6 Å². The van der Waals surface area contributed by atoms with Crippen molar-refractivity contribution in [2.45, 2.75) is 64.6 Å². The van der Waals surface area contributed by atoms with E-state index in [9.17, 15) is 4.79 Å². The fraction of sp³-hybridized carbons (Fsp3) is 0.933. The summed E-state index contributed by atoms with van der Waals surface area (Å²) in [7, 11) is 0.